The van der Waals surface area contributed by atoms with Crippen LogP contribution in [-0.2, 0) is 23.7 Å². The molecule has 9 heteroatoms. The molecule has 9 nitrogen and oxygen atoms in total. The van der Waals surface area contributed by atoms with E-state index in [1.54, 1.807) is 18.2 Å². The van der Waals surface area contributed by atoms with Gasteiger partial charge in [0, 0.05) is 43.7 Å². The van der Waals surface area contributed by atoms with E-state index >= 15 is 0 Å². The Morgan fingerprint density at radius 2 is 1.74 bits per heavy atom. The van der Waals surface area contributed by atoms with Crippen LogP contribution in [0, 0.1) is 5.92 Å². The molecule has 0 saturated carbocycles. The Morgan fingerprint density at radius 1 is 1.03 bits per heavy atom. The summed E-state index contributed by atoms with van der Waals surface area (Å²) in [5.41, 5.74) is 0.857. The number of nitrogens with zero attached hydrogens (tertiary/aromatic N) is 1. The van der Waals surface area contributed by atoms with Gasteiger partial charge in [-0.2, -0.15) is 0 Å². The van der Waals surface area contributed by atoms with Crippen LogP contribution in [0.1, 0.15) is 56.9 Å². The summed E-state index contributed by atoms with van der Waals surface area (Å²) < 4.78 is 29.2. The van der Waals surface area contributed by atoms with Crippen LogP contribution in [0.15, 0.2) is 51.6 Å². The van der Waals surface area contributed by atoms with Crippen molar-refractivity contribution in [2.75, 3.05) is 52.7 Å². The van der Waals surface area contributed by atoms with Gasteiger partial charge in [0.1, 0.15) is 5.58 Å². The maximum absolute atomic E-state index is 13.7. The predicted molar refractivity (Wildman–Crippen MR) is 146 cm³/mol. The molecule has 2 aliphatic heterocycles. The van der Waals surface area contributed by atoms with Gasteiger partial charge in [-0.3, -0.25) is 9.59 Å². The number of likely N-dealkylation sites (tertiary alicyclic amines) is 1. The Bertz CT molecular complexity index is 1140. The lowest BCUT2D eigenvalue weighted by atomic mass is 9.81. The average molecular weight is 544 g/mol. The van der Waals surface area contributed by atoms with Crippen molar-refractivity contribution in [2.24, 2.45) is 5.92 Å². The van der Waals surface area contributed by atoms with Crippen molar-refractivity contribution < 1.29 is 33.3 Å². The number of hydrogen-bond donors (Lipinski definition) is 1. The summed E-state index contributed by atoms with van der Waals surface area (Å²) in [7, 11) is 0. The van der Waals surface area contributed by atoms with Crippen LogP contribution in [-0.4, -0.2) is 74.9 Å². The van der Waals surface area contributed by atoms with Crippen LogP contribution in [0.3, 0.4) is 0 Å². The zero-order valence-electron chi connectivity index (χ0n) is 22.8. The molecule has 0 radical (unpaired) electrons. The van der Waals surface area contributed by atoms with Crippen molar-refractivity contribution in [3.05, 3.63) is 58.2 Å². The van der Waals surface area contributed by atoms with Crippen molar-refractivity contribution in [2.45, 2.75) is 57.7 Å². The van der Waals surface area contributed by atoms with E-state index < -0.39 is 12.2 Å². The number of aliphatic hydroxyl groups is 1. The van der Waals surface area contributed by atoms with Gasteiger partial charge >= 0.3 is 0 Å². The molecule has 1 aromatic heterocycles. The summed E-state index contributed by atoms with van der Waals surface area (Å²) in [5, 5.41) is 9.35. The van der Waals surface area contributed by atoms with E-state index in [1.165, 1.54) is 12.7 Å². The summed E-state index contributed by atoms with van der Waals surface area (Å²) in [5.74, 6) is -0.677. The largest absolute Gasteiger partial charge is 0.464 e. The van der Waals surface area contributed by atoms with Crippen molar-refractivity contribution in [1.29, 1.82) is 0 Å². The molecule has 0 spiro atoms. The second kappa shape index (κ2) is 15.2. The van der Waals surface area contributed by atoms with Crippen LogP contribution < -0.4 is 5.43 Å². The van der Waals surface area contributed by atoms with Gasteiger partial charge in [0.15, 0.2) is 11.2 Å². The third kappa shape index (κ3) is 7.69. The van der Waals surface area contributed by atoms with Crippen LogP contribution >= 0.6 is 0 Å². The van der Waals surface area contributed by atoms with E-state index in [4.69, 9.17) is 28.5 Å². The molecule has 0 bridgehead atoms. The first kappa shape index (κ1) is 29.3. The Kier molecular flexibility index (Phi) is 11.4. The first-order valence-corrected chi connectivity index (χ1v) is 14.2. The lowest BCUT2D eigenvalue weighted by Gasteiger charge is -2.37. The number of aliphatic hydroxyl groups excluding tert-OH is 1. The van der Waals surface area contributed by atoms with Crippen LogP contribution in [0.2, 0.25) is 0 Å². The normalized spacial score (nSPS) is 22.2. The highest BCUT2D eigenvalue weighted by Gasteiger charge is 2.40. The van der Waals surface area contributed by atoms with E-state index in [0.717, 1.165) is 25.7 Å². The first-order chi connectivity index (χ1) is 19.1. The van der Waals surface area contributed by atoms with E-state index in [9.17, 15) is 9.59 Å². The van der Waals surface area contributed by atoms with Gasteiger partial charge in [0.2, 0.25) is 6.29 Å². The van der Waals surface area contributed by atoms with Crippen molar-refractivity contribution in [3.8, 4) is 0 Å². The minimum Gasteiger partial charge on any atom is -0.464 e. The second-order valence-corrected chi connectivity index (χ2v) is 9.98. The second-order valence-electron chi connectivity index (χ2n) is 9.98. The molecular formula is C30H41NO8. The molecule has 1 aromatic carbocycles. The minimum atomic E-state index is -0.723. The molecule has 214 valence electrons. The Labute approximate surface area is 229 Å². The molecule has 3 atom stereocenters. The van der Waals surface area contributed by atoms with E-state index in [-0.39, 0.29) is 36.2 Å². The number of para-hydroxylation sites is 1. The highest BCUT2D eigenvalue weighted by molar-refractivity contribution is 5.92. The SMILES string of the molecule is CCO[C@H]1OC(C(=O)N2CCCCCCC2)=C[C@@H](c2coc3ccccc3c2=O)[C@@H]1CCOCCOCCO. The Morgan fingerprint density at radius 3 is 2.49 bits per heavy atom. The average Bonchev–Trinajstić information content (AvgIpc) is 2.93. The van der Waals surface area contributed by atoms with E-state index in [2.05, 4.69) is 0 Å². The van der Waals surface area contributed by atoms with Gasteiger partial charge < -0.3 is 33.4 Å². The standard InChI is InChI=1S/C30H41NO8/c1-2-37-30-22(12-16-35-18-19-36-17-15-32)24(25-21-38-26-11-7-6-10-23(26)28(25)33)20-27(39-30)29(34)31-13-8-4-3-5-9-14-31/h6-7,10-11,20-22,24,30,32H,2-5,8-9,12-19H2,1H3/t22-,24+,30-/m0/s1. The van der Waals surface area contributed by atoms with Crippen molar-refractivity contribution >= 4 is 16.9 Å². The topological polar surface area (TPSA) is 108 Å². The summed E-state index contributed by atoms with van der Waals surface area (Å²) in [6, 6.07) is 7.16. The molecule has 1 amide bonds. The van der Waals surface area contributed by atoms with E-state index in [0.29, 0.717) is 62.5 Å². The summed E-state index contributed by atoms with van der Waals surface area (Å²) in [6.07, 6.45) is 8.45. The number of amides is 1. The lowest BCUT2D eigenvalue weighted by molar-refractivity contribution is -0.172. The maximum atomic E-state index is 13.7. The molecule has 2 aromatic rings. The highest BCUT2D eigenvalue weighted by atomic mass is 16.7. The van der Waals surface area contributed by atoms with Crippen molar-refractivity contribution in [3.63, 3.8) is 0 Å². The lowest BCUT2D eigenvalue weighted by Crippen LogP contribution is -2.42. The molecule has 3 heterocycles. The quantitative estimate of drug-likeness (QED) is 0.401. The minimum absolute atomic E-state index is 0.0315. The Hall–Kier alpha value is -2.72. The number of allylic oxidation sites excluding steroid dienone is 1. The molecule has 1 saturated heterocycles. The van der Waals surface area contributed by atoms with Crippen LogP contribution in [0.25, 0.3) is 11.0 Å². The highest BCUT2D eigenvalue weighted by Crippen LogP contribution is 2.38. The van der Waals surface area contributed by atoms with Crippen molar-refractivity contribution in [1.82, 2.24) is 4.90 Å². The fraction of sp³-hybridized carbons (Fsp3) is 0.600. The fourth-order valence-electron chi connectivity index (χ4n) is 5.32. The molecule has 4 rings (SSSR count). The molecular weight excluding hydrogens is 502 g/mol. The van der Waals surface area contributed by atoms with Gasteiger partial charge in [-0.1, -0.05) is 31.4 Å². The van der Waals surface area contributed by atoms with Gasteiger partial charge in [-0.05, 0) is 44.4 Å². The van der Waals surface area contributed by atoms with Gasteiger partial charge in [0.25, 0.3) is 5.91 Å². The third-order valence-corrected chi connectivity index (χ3v) is 7.34. The first-order valence-electron chi connectivity index (χ1n) is 14.2. The predicted octanol–water partition coefficient (Wildman–Crippen LogP) is 3.98. The molecule has 0 aliphatic carbocycles. The molecule has 39 heavy (non-hydrogen) atoms. The maximum Gasteiger partial charge on any atom is 0.288 e. The zero-order valence-corrected chi connectivity index (χ0v) is 22.8. The molecule has 1 fully saturated rings. The number of benzene rings is 1. The number of carbonyl (C=O) groups is 1. The number of rotatable bonds is 12. The third-order valence-electron chi connectivity index (χ3n) is 7.34. The van der Waals surface area contributed by atoms with Crippen LogP contribution in [0.4, 0.5) is 0 Å². The van der Waals surface area contributed by atoms with Gasteiger partial charge in [-0.15, -0.1) is 0 Å². The number of carbonyl (C=O) groups excluding carboxylic acids is 1. The summed E-state index contributed by atoms with van der Waals surface area (Å²) in [4.78, 5) is 29.2. The van der Waals surface area contributed by atoms with Gasteiger partial charge in [-0.25, -0.2) is 0 Å². The Balaban J connectivity index is 1.63. The number of ether oxygens (including phenoxy) is 4. The monoisotopic (exact) mass is 543 g/mol. The van der Waals surface area contributed by atoms with E-state index in [1.807, 2.05) is 24.0 Å². The molecule has 1 N–H and O–H groups in total. The molecule has 2 aliphatic rings. The van der Waals surface area contributed by atoms with Gasteiger partial charge in [0.05, 0.1) is 38.1 Å². The smallest absolute Gasteiger partial charge is 0.288 e. The van der Waals surface area contributed by atoms with Crippen LogP contribution in [0.5, 0.6) is 0 Å². The number of fused-ring (bicyclic) bond motifs is 1. The fourth-order valence-corrected chi connectivity index (χ4v) is 5.32. The molecule has 0 unspecified atom stereocenters. The zero-order chi connectivity index (χ0) is 27.5. The number of hydrogen-bond acceptors (Lipinski definition) is 8. The summed E-state index contributed by atoms with van der Waals surface area (Å²) in [6.45, 7) is 5.04. The summed E-state index contributed by atoms with van der Waals surface area (Å²) >= 11 is 0.